The van der Waals surface area contributed by atoms with Crippen LogP contribution in [0.2, 0.25) is 0 Å². The van der Waals surface area contributed by atoms with Crippen molar-refractivity contribution in [3.63, 3.8) is 0 Å². The molecule has 1 fully saturated rings. The number of Topliss-reactive ketones (excluding diaryl/α,β-unsaturated/α-hetero) is 1. The predicted octanol–water partition coefficient (Wildman–Crippen LogP) is 5.26. The lowest BCUT2D eigenvalue weighted by atomic mass is 10.1. The van der Waals surface area contributed by atoms with Gasteiger partial charge in [-0.3, -0.25) is 19.3 Å². The number of amides is 2. The molecule has 2 aromatic carbocycles. The maximum atomic E-state index is 12.8. The Morgan fingerprint density at radius 1 is 1.10 bits per heavy atom. The number of carbonyl (C=O) groups excluding carboxylic acids is 3. The van der Waals surface area contributed by atoms with Crippen LogP contribution >= 0.6 is 11.8 Å². The molecule has 4 rings (SSSR count). The molecule has 1 aliphatic heterocycles. The summed E-state index contributed by atoms with van der Waals surface area (Å²) < 4.78 is 5.81. The maximum absolute atomic E-state index is 12.8. The Bertz CT molecular complexity index is 1270. The van der Waals surface area contributed by atoms with Gasteiger partial charge in [0.05, 0.1) is 23.1 Å². The van der Waals surface area contributed by atoms with Gasteiger partial charge in [-0.1, -0.05) is 42.5 Å². The molecule has 31 heavy (non-hydrogen) atoms. The predicted molar refractivity (Wildman–Crippen MR) is 117 cm³/mol. The van der Waals surface area contributed by atoms with Crippen LogP contribution in [0.1, 0.15) is 34.2 Å². The minimum absolute atomic E-state index is 0.0141. The highest BCUT2D eigenvalue weighted by Crippen LogP contribution is 2.34. The normalized spacial score (nSPS) is 14.8. The van der Waals surface area contributed by atoms with Crippen LogP contribution in [0.4, 0.5) is 4.79 Å². The number of furan rings is 1. The number of hydrogen-bond donors (Lipinski definition) is 0. The zero-order valence-corrected chi connectivity index (χ0v) is 17.3. The van der Waals surface area contributed by atoms with Crippen molar-refractivity contribution in [2.24, 2.45) is 0 Å². The molecule has 1 saturated heterocycles. The minimum Gasteiger partial charge on any atom is -0.457 e. The highest BCUT2D eigenvalue weighted by Gasteiger charge is 2.35. The quantitative estimate of drug-likeness (QED) is 0.407. The van der Waals surface area contributed by atoms with E-state index in [1.807, 2.05) is 0 Å². The molecule has 0 saturated carbocycles. The van der Waals surface area contributed by atoms with Gasteiger partial charge in [0, 0.05) is 17.2 Å². The molecular weight excluding hydrogens is 412 g/mol. The third kappa shape index (κ3) is 4.20. The number of rotatable bonds is 5. The van der Waals surface area contributed by atoms with Gasteiger partial charge in [-0.25, -0.2) is 0 Å². The van der Waals surface area contributed by atoms with Crippen molar-refractivity contribution in [3.8, 4) is 17.4 Å². The van der Waals surface area contributed by atoms with E-state index in [2.05, 4.69) is 6.07 Å². The van der Waals surface area contributed by atoms with Gasteiger partial charge in [0.1, 0.15) is 11.5 Å². The van der Waals surface area contributed by atoms with Gasteiger partial charge in [0.25, 0.3) is 11.1 Å². The van der Waals surface area contributed by atoms with Crippen LogP contribution in [0.5, 0.6) is 0 Å². The van der Waals surface area contributed by atoms with Crippen LogP contribution in [-0.4, -0.2) is 21.8 Å². The van der Waals surface area contributed by atoms with Crippen molar-refractivity contribution in [3.05, 3.63) is 88.0 Å². The number of nitrogens with zero attached hydrogens (tertiary/aromatic N) is 2. The fraction of sp³-hybridized carbons (Fsp3) is 0.0833. The van der Waals surface area contributed by atoms with Gasteiger partial charge in [-0.15, -0.1) is 0 Å². The second-order valence-electron chi connectivity index (χ2n) is 6.87. The number of benzene rings is 2. The van der Waals surface area contributed by atoms with Crippen molar-refractivity contribution in [1.82, 2.24) is 4.90 Å². The van der Waals surface area contributed by atoms with E-state index in [9.17, 15) is 19.6 Å². The lowest BCUT2D eigenvalue weighted by Gasteiger charge is -2.13. The van der Waals surface area contributed by atoms with Gasteiger partial charge in [0.2, 0.25) is 0 Å². The first-order valence-electron chi connectivity index (χ1n) is 9.41. The summed E-state index contributed by atoms with van der Waals surface area (Å²) in [6.45, 7) is 1.55. The van der Waals surface area contributed by atoms with Gasteiger partial charge in [0.15, 0.2) is 5.78 Å². The molecule has 6 nitrogen and oxygen atoms in total. The molecule has 0 radical (unpaired) electrons. The molecule has 0 aliphatic carbocycles. The molecule has 0 spiro atoms. The molecule has 1 aromatic heterocycles. The lowest BCUT2D eigenvalue weighted by Crippen LogP contribution is -2.27. The van der Waals surface area contributed by atoms with E-state index >= 15 is 0 Å². The van der Waals surface area contributed by atoms with Crippen molar-refractivity contribution >= 4 is 34.8 Å². The van der Waals surface area contributed by atoms with E-state index in [0.29, 0.717) is 28.2 Å². The van der Waals surface area contributed by atoms with Gasteiger partial charge >= 0.3 is 0 Å². The SMILES string of the molecule is CC(=O)c1ccc(-c2ccc(/C=C3/SC(=O)N(Cc4ccccc4C#N)C3=O)o2)cc1. The smallest absolute Gasteiger partial charge is 0.293 e. The molecular formula is C24H16N2O4S. The van der Waals surface area contributed by atoms with Crippen LogP contribution < -0.4 is 0 Å². The average molecular weight is 428 g/mol. The zero-order chi connectivity index (χ0) is 22.0. The third-order valence-electron chi connectivity index (χ3n) is 4.82. The summed E-state index contributed by atoms with van der Waals surface area (Å²) in [4.78, 5) is 37.9. The fourth-order valence-corrected chi connectivity index (χ4v) is 3.98. The van der Waals surface area contributed by atoms with E-state index in [-0.39, 0.29) is 17.2 Å². The van der Waals surface area contributed by atoms with Crippen molar-refractivity contribution in [2.75, 3.05) is 0 Å². The summed E-state index contributed by atoms with van der Waals surface area (Å²) in [7, 11) is 0. The highest BCUT2D eigenvalue weighted by atomic mass is 32.2. The molecule has 0 unspecified atom stereocenters. The Morgan fingerprint density at radius 3 is 2.55 bits per heavy atom. The minimum atomic E-state index is -0.425. The fourth-order valence-electron chi connectivity index (χ4n) is 3.16. The van der Waals surface area contributed by atoms with E-state index in [1.54, 1.807) is 60.7 Å². The summed E-state index contributed by atoms with van der Waals surface area (Å²) in [5.41, 5.74) is 2.45. The summed E-state index contributed by atoms with van der Waals surface area (Å²) in [5.74, 6) is 0.586. The van der Waals surface area contributed by atoms with Crippen molar-refractivity contribution in [1.29, 1.82) is 5.26 Å². The van der Waals surface area contributed by atoms with Crippen molar-refractivity contribution in [2.45, 2.75) is 13.5 Å². The standard InChI is InChI=1S/C24H16N2O4S/c1-15(27)16-6-8-17(9-7-16)21-11-10-20(30-21)12-22-23(28)26(24(29)31-22)14-19-5-3-2-4-18(19)13-25/h2-12H,14H2,1H3/b22-12+. The largest absolute Gasteiger partial charge is 0.457 e. The Kier molecular flexibility index (Phi) is 5.56. The summed E-state index contributed by atoms with van der Waals surface area (Å²) in [6.07, 6.45) is 1.54. The molecule has 0 bridgehead atoms. The Labute approximate surface area is 182 Å². The molecule has 2 amide bonds. The van der Waals surface area contributed by atoms with E-state index in [1.165, 1.54) is 13.0 Å². The summed E-state index contributed by atoms with van der Waals surface area (Å²) in [5, 5.41) is 8.83. The number of ketones is 1. The van der Waals surface area contributed by atoms with E-state index < -0.39 is 11.1 Å². The molecule has 7 heteroatoms. The second kappa shape index (κ2) is 8.46. The topological polar surface area (TPSA) is 91.4 Å². The second-order valence-corrected chi connectivity index (χ2v) is 7.87. The van der Waals surface area contributed by atoms with Crippen LogP contribution in [0, 0.1) is 11.3 Å². The van der Waals surface area contributed by atoms with Crippen molar-refractivity contribution < 1.29 is 18.8 Å². The van der Waals surface area contributed by atoms with Gasteiger partial charge in [-0.05, 0) is 42.4 Å². The summed E-state index contributed by atoms with van der Waals surface area (Å²) in [6, 6.07) is 19.5. The molecule has 0 atom stereocenters. The first kappa shape index (κ1) is 20.4. The number of imide groups is 1. The Hall–Kier alpha value is -3.89. The Balaban J connectivity index is 1.53. The Morgan fingerprint density at radius 2 is 1.84 bits per heavy atom. The van der Waals surface area contributed by atoms with Crippen LogP contribution in [0.15, 0.2) is 70.0 Å². The van der Waals surface area contributed by atoms with E-state index in [0.717, 1.165) is 22.2 Å². The maximum Gasteiger partial charge on any atom is 0.293 e. The molecule has 3 aromatic rings. The lowest BCUT2D eigenvalue weighted by molar-refractivity contribution is -0.123. The van der Waals surface area contributed by atoms with E-state index in [4.69, 9.17) is 4.42 Å². The monoisotopic (exact) mass is 428 g/mol. The van der Waals surface area contributed by atoms with Crippen LogP contribution in [0.25, 0.3) is 17.4 Å². The average Bonchev–Trinajstić information content (AvgIpc) is 3.34. The van der Waals surface area contributed by atoms with Gasteiger partial charge < -0.3 is 4.42 Å². The number of thioether (sulfide) groups is 1. The molecule has 152 valence electrons. The number of hydrogen-bond acceptors (Lipinski definition) is 6. The molecule has 0 N–H and O–H groups in total. The molecule has 2 heterocycles. The van der Waals surface area contributed by atoms with Crippen LogP contribution in [0.3, 0.4) is 0 Å². The number of nitriles is 1. The van der Waals surface area contributed by atoms with Crippen LogP contribution in [-0.2, 0) is 11.3 Å². The number of carbonyl (C=O) groups is 3. The third-order valence-corrected chi connectivity index (χ3v) is 5.72. The summed E-state index contributed by atoms with van der Waals surface area (Å²) >= 11 is 0.838. The highest BCUT2D eigenvalue weighted by molar-refractivity contribution is 8.18. The van der Waals surface area contributed by atoms with Gasteiger partial charge in [-0.2, -0.15) is 5.26 Å². The first-order valence-corrected chi connectivity index (χ1v) is 10.2. The first-order chi connectivity index (χ1) is 15.0. The zero-order valence-electron chi connectivity index (χ0n) is 16.5. The molecule has 1 aliphatic rings.